The van der Waals surface area contributed by atoms with Crippen molar-refractivity contribution in [3.63, 3.8) is 0 Å². The maximum absolute atomic E-state index is 12.5. The maximum atomic E-state index is 12.5. The van der Waals surface area contributed by atoms with Crippen LogP contribution >= 0.6 is 0 Å². The summed E-state index contributed by atoms with van der Waals surface area (Å²) in [6, 6.07) is 3.63. The number of urea groups is 1. The third-order valence-corrected chi connectivity index (χ3v) is 4.45. The minimum Gasteiger partial charge on any atom is -0.331 e. The first kappa shape index (κ1) is 18.0. The van der Waals surface area contributed by atoms with Crippen LogP contribution in [-0.2, 0) is 7.05 Å². The fourth-order valence-corrected chi connectivity index (χ4v) is 3.05. The van der Waals surface area contributed by atoms with Crippen LogP contribution in [0.25, 0.3) is 0 Å². The predicted molar refractivity (Wildman–Crippen MR) is 94.7 cm³/mol. The van der Waals surface area contributed by atoms with Crippen LogP contribution in [0.5, 0.6) is 0 Å². The Kier molecular flexibility index (Phi) is 5.95. The zero-order chi connectivity index (χ0) is 17.7. The van der Waals surface area contributed by atoms with E-state index in [1.54, 1.807) is 12.4 Å². The zero-order valence-corrected chi connectivity index (χ0v) is 15.1. The number of amides is 2. The number of nitrogens with one attached hydrogen (secondary N) is 2. The van der Waals surface area contributed by atoms with Gasteiger partial charge in [0.1, 0.15) is 0 Å². The molecule has 2 aromatic rings. The van der Waals surface area contributed by atoms with Crippen LogP contribution in [0.3, 0.4) is 0 Å². The van der Waals surface area contributed by atoms with Crippen LogP contribution in [-0.4, -0.2) is 20.8 Å². The highest BCUT2D eigenvalue weighted by molar-refractivity contribution is 5.75. The van der Waals surface area contributed by atoms with Gasteiger partial charge in [-0.1, -0.05) is 13.8 Å². The second-order valence-corrected chi connectivity index (χ2v) is 6.03. The Balaban J connectivity index is 2.09. The number of aryl methyl sites for hydroxylation is 2. The summed E-state index contributed by atoms with van der Waals surface area (Å²) in [5, 5.41) is 10.6. The van der Waals surface area contributed by atoms with Gasteiger partial charge in [0, 0.05) is 30.7 Å². The maximum Gasteiger partial charge on any atom is 0.315 e. The molecule has 0 fully saturated rings. The minimum atomic E-state index is -0.159. The molecule has 2 amide bonds. The van der Waals surface area contributed by atoms with Crippen LogP contribution < -0.4 is 10.6 Å². The lowest BCUT2D eigenvalue weighted by Gasteiger charge is -2.22. The molecule has 2 atom stereocenters. The molecule has 0 aromatic carbocycles. The minimum absolute atomic E-state index is 0.0263. The van der Waals surface area contributed by atoms with E-state index < -0.39 is 0 Å². The Morgan fingerprint density at radius 2 is 1.71 bits per heavy atom. The van der Waals surface area contributed by atoms with E-state index in [2.05, 4.69) is 34.6 Å². The van der Waals surface area contributed by atoms with Crippen molar-refractivity contribution in [1.82, 2.24) is 25.4 Å². The van der Waals surface area contributed by atoms with Crippen molar-refractivity contribution < 1.29 is 4.79 Å². The SMILES string of the molecule is CCC(NC(=O)NC(CC)c1c(C)nn(C)c1C)c1ccncc1. The van der Waals surface area contributed by atoms with Crippen LogP contribution in [0.4, 0.5) is 4.79 Å². The highest BCUT2D eigenvalue weighted by atomic mass is 16.2. The van der Waals surface area contributed by atoms with Gasteiger partial charge in [0.15, 0.2) is 0 Å². The number of carbonyl (C=O) groups excluding carboxylic acids is 1. The van der Waals surface area contributed by atoms with Gasteiger partial charge in [0.2, 0.25) is 0 Å². The molecule has 0 saturated heterocycles. The number of aromatic nitrogens is 3. The number of nitrogens with zero attached hydrogens (tertiary/aromatic N) is 3. The summed E-state index contributed by atoms with van der Waals surface area (Å²) in [5.41, 5.74) is 4.21. The van der Waals surface area contributed by atoms with Crippen molar-refractivity contribution in [3.05, 3.63) is 47.0 Å². The molecule has 130 valence electrons. The quantitative estimate of drug-likeness (QED) is 0.854. The lowest BCUT2D eigenvalue weighted by Crippen LogP contribution is -2.40. The summed E-state index contributed by atoms with van der Waals surface area (Å²) >= 11 is 0. The molecule has 0 saturated carbocycles. The lowest BCUT2D eigenvalue weighted by molar-refractivity contribution is 0.232. The second kappa shape index (κ2) is 7.95. The van der Waals surface area contributed by atoms with E-state index in [4.69, 9.17) is 0 Å². The monoisotopic (exact) mass is 329 g/mol. The van der Waals surface area contributed by atoms with Crippen molar-refractivity contribution in [2.24, 2.45) is 7.05 Å². The average molecular weight is 329 g/mol. The van der Waals surface area contributed by atoms with Crippen molar-refractivity contribution in [3.8, 4) is 0 Å². The van der Waals surface area contributed by atoms with E-state index in [-0.39, 0.29) is 18.1 Å². The fourth-order valence-electron chi connectivity index (χ4n) is 3.05. The number of rotatable bonds is 6. The first-order valence-electron chi connectivity index (χ1n) is 8.44. The molecule has 0 bridgehead atoms. The third kappa shape index (κ3) is 3.93. The van der Waals surface area contributed by atoms with E-state index in [0.29, 0.717) is 0 Å². The van der Waals surface area contributed by atoms with Crippen molar-refractivity contribution in [2.45, 2.75) is 52.6 Å². The normalized spacial score (nSPS) is 13.4. The van der Waals surface area contributed by atoms with Crippen molar-refractivity contribution in [1.29, 1.82) is 0 Å². The molecule has 6 nitrogen and oxygen atoms in total. The molecule has 2 aromatic heterocycles. The van der Waals surface area contributed by atoms with Gasteiger partial charge in [-0.3, -0.25) is 9.67 Å². The molecular weight excluding hydrogens is 302 g/mol. The molecule has 2 N–H and O–H groups in total. The largest absolute Gasteiger partial charge is 0.331 e. The molecule has 2 heterocycles. The van der Waals surface area contributed by atoms with Gasteiger partial charge in [-0.15, -0.1) is 0 Å². The molecule has 0 aliphatic rings. The molecule has 0 radical (unpaired) electrons. The number of carbonyl (C=O) groups is 1. The standard InChI is InChI=1S/C18H27N5O/c1-6-15(14-8-10-19-11-9-14)20-18(24)21-16(7-2)17-12(3)22-23(5)13(17)4/h8-11,15-16H,6-7H2,1-5H3,(H2,20,21,24). The van der Waals surface area contributed by atoms with E-state index in [1.807, 2.05) is 37.7 Å². The zero-order valence-electron chi connectivity index (χ0n) is 15.1. The Hall–Kier alpha value is -2.37. The number of pyridine rings is 1. The van der Waals surface area contributed by atoms with Crippen LogP contribution in [0.2, 0.25) is 0 Å². The number of hydrogen-bond donors (Lipinski definition) is 2. The molecule has 0 aliphatic carbocycles. The fraction of sp³-hybridized carbons (Fsp3) is 0.500. The van der Waals surface area contributed by atoms with Crippen LogP contribution in [0, 0.1) is 13.8 Å². The summed E-state index contributed by atoms with van der Waals surface area (Å²) < 4.78 is 1.86. The molecule has 0 spiro atoms. The first-order chi connectivity index (χ1) is 11.5. The Morgan fingerprint density at radius 3 is 2.21 bits per heavy atom. The first-order valence-corrected chi connectivity index (χ1v) is 8.44. The van der Waals surface area contributed by atoms with Gasteiger partial charge in [0.25, 0.3) is 0 Å². The third-order valence-electron chi connectivity index (χ3n) is 4.45. The second-order valence-electron chi connectivity index (χ2n) is 6.03. The van der Waals surface area contributed by atoms with Gasteiger partial charge in [0.05, 0.1) is 17.8 Å². The van der Waals surface area contributed by atoms with Gasteiger partial charge in [-0.25, -0.2) is 4.79 Å². The van der Waals surface area contributed by atoms with Gasteiger partial charge in [-0.05, 0) is 44.4 Å². The Labute approximate surface area is 143 Å². The van der Waals surface area contributed by atoms with Gasteiger partial charge >= 0.3 is 6.03 Å². The Bertz CT molecular complexity index is 680. The van der Waals surface area contributed by atoms with Crippen LogP contribution in [0.15, 0.2) is 24.5 Å². The van der Waals surface area contributed by atoms with Crippen molar-refractivity contribution >= 4 is 6.03 Å². The van der Waals surface area contributed by atoms with E-state index in [9.17, 15) is 4.79 Å². The summed E-state index contributed by atoms with van der Waals surface area (Å²) in [4.78, 5) is 16.5. The van der Waals surface area contributed by atoms with Gasteiger partial charge < -0.3 is 10.6 Å². The molecule has 2 rings (SSSR count). The summed E-state index contributed by atoms with van der Waals surface area (Å²) in [5.74, 6) is 0. The molecule has 2 unspecified atom stereocenters. The molecule has 6 heteroatoms. The summed E-state index contributed by atoms with van der Waals surface area (Å²) in [6.45, 7) is 8.13. The predicted octanol–water partition coefficient (Wildman–Crippen LogP) is 3.33. The van der Waals surface area contributed by atoms with E-state index >= 15 is 0 Å². The number of hydrogen-bond acceptors (Lipinski definition) is 3. The molecular formula is C18H27N5O. The van der Waals surface area contributed by atoms with E-state index in [1.165, 1.54) is 0 Å². The smallest absolute Gasteiger partial charge is 0.315 e. The summed E-state index contributed by atoms with van der Waals surface area (Å²) in [7, 11) is 1.93. The Morgan fingerprint density at radius 1 is 1.12 bits per heavy atom. The lowest BCUT2D eigenvalue weighted by atomic mass is 10.0. The van der Waals surface area contributed by atoms with E-state index in [0.717, 1.165) is 35.4 Å². The molecule has 24 heavy (non-hydrogen) atoms. The van der Waals surface area contributed by atoms with Crippen LogP contribution in [0.1, 0.15) is 61.3 Å². The topological polar surface area (TPSA) is 71.8 Å². The van der Waals surface area contributed by atoms with Gasteiger partial charge in [-0.2, -0.15) is 5.10 Å². The van der Waals surface area contributed by atoms with Crippen molar-refractivity contribution in [2.75, 3.05) is 0 Å². The molecule has 0 aliphatic heterocycles. The summed E-state index contributed by atoms with van der Waals surface area (Å²) in [6.07, 6.45) is 5.12. The highest BCUT2D eigenvalue weighted by Crippen LogP contribution is 2.24. The average Bonchev–Trinajstić information content (AvgIpc) is 2.84. The highest BCUT2D eigenvalue weighted by Gasteiger charge is 2.21.